The summed E-state index contributed by atoms with van der Waals surface area (Å²) < 4.78 is 0. The Morgan fingerprint density at radius 3 is 2.60 bits per heavy atom. The molecule has 0 aliphatic heterocycles. The summed E-state index contributed by atoms with van der Waals surface area (Å²) in [5.74, 6) is 0.223. The molecule has 1 aromatic heterocycles. The highest BCUT2D eigenvalue weighted by atomic mass is 16.1. The minimum absolute atomic E-state index is 0.0453. The van der Waals surface area contributed by atoms with Crippen LogP contribution in [-0.2, 0) is 4.79 Å². The Hall–Kier alpha value is -2.12. The smallest absolute Gasteiger partial charge is 0.236 e. The third-order valence-electron chi connectivity index (χ3n) is 1.46. The first-order chi connectivity index (χ1) is 6.99. The second-order valence-electron chi connectivity index (χ2n) is 3.03. The molecule has 0 saturated carbocycles. The zero-order chi connectivity index (χ0) is 11.4. The molecule has 0 spiro atoms. The van der Waals surface area contributed by atoms with E-state index in [9.17, 15) is 4.79 Å². The Morgan fingerprint density at radius 2 is 2.07 bits per heavy atom. The van der Waals surface area contributed by atoms with Crippen LogP contribution in [-0.4, -0.2) is 41.5 Å². The van der Waals surface area contributed by atoms with Crippen molar-refractivity contribution in [2.24, 2.45) is 5.73 Å². The molecule has 0 bridgehead atoms. The molecule has 1 rings (SSSR count). The molecule has 15 heavy (non-hydrogen) atoms. The highest BCUT2D eigenvalue weighted by molar-refractivity contribution is 5.78. The van der Waals surface area contributed by atoms with E-state index in [2.05, 4.69) is 20.3 Å². The quantitative estimate of drug-likeness (QED) is 0.549. The average Bonchev–Trinajstić information content (AvgIpc) is 2.13. The molecule has 0 aliphatic carbocycles. The van der Waals surface area contributed by atoms with Crippen LogP contribution in [0.15, 0.2) is 0 Å². The number of anilines is 3. The first-order valence-corrected chi connectivity index (χ1v) is 4.20. The first-order valence-electron chi connectivity index (χ1n) is 4.20. The van der Waals surface area contributed by atoms with E-state index in [0.717, 1.165) is 0 Å². The van der Waals surface area contributed by atoms with E-state index < -0.39 is 5.91 Å². The van der Waals surface area contributed by atoms with E-state index in [0.29, 0.717) is 5.95 Å². The van der Waals surface area contributed by atoms with Crippen molar-refractivity contribution >= 4 is 23.8 Å². The Morgan fingerprint density at radius 1 is 1.40 bits per heavy atom. The molecular weight excluding hydrogens is 198 g/mol. The van der Waals surface area contributed by atoms with Crippen LogP contribution >= 0.6 is 0 Å². The number of hydrogen-bond donors (Lipinski definition) is 3. The van der Waals surface area contributed by atoms with Crippen molar-refractivity contribution in [1.82, 2.24) is 15.0 Å². The van der Waals surface area contributed by atoms with Crippen LogP contribution in [0.2, 0.25) is 0 Å². The van der Waals surface area contributed by atoms with E-state index in [1.165, 1.54) is 0 Å². The number of nitrogen functional groups attached to an aromatic ring is 1. The lowest BCUT2D eigenvalue weighted by atomic mass is 10.6. The summed E-state index contributed by atoms with van der Waals surface area (Å²) in [6.45, 7) is -0.0453. The van der Waals surface area contributed by atoms with Crippen LogP contribution in [0.4, 0.5) is 17.8 Å². The maximum Gasteiger partial charge on any atom is 0.236 e. The van der Waals surface area contributed by atoms with Crippen LogP contribution < -0.4 is 21.7 Å². The Balaban J connectivity index is 2.84. The number of amides is 1. The van der Waals surface area contributed by atoms with Gasteiger partial charge in [0.15, 0.2) is 0 Å². The molecule has 0 saturated heterocycles. The highest BCUT2D eigenvalue weighted by Gasteiger charge is 2.06. The van der Waals surface area contributed by atoms with Gasteiger partial charge >= 0.3 is 0 Å². The Bertz CT molecular complexity index is 364. The molecule has 1 aromatic rings. The van der Waals surface area contributed by atoms with E-state index in [-0.39, 0.29) is 18.4 Å². The molecular formula is C7H13N7O. The maximum atomic E-state index is 10.5. The van der Waals surface area contributed by atoms with Gasteiger partial charge < -0.3 is 21.7 Å². The van der Waals surface area contributed by atoms with Crippen LogP contribution in [0, 0.1) is 0 Å². The van der Waals surface area contributed by atoms with E-state index >= 15 is 0 Å². The fourth-order valence-corrected chi connectivity index (χ4v) is 0.826. The van der Waals surface area contributed by atoms with Crippen molar-refractivity contribution in [1.29, 1.82) is 0 Å². The van der Waals surface area contributed by atoms with Crippen LogP contribution in [0.25, 0.3) is 0 Å². The van der Waals surface area contributed by atoms with Gasteiger partial charge in [0.05, 0.1) is 6.54 Å². The summed E-state index contributed by atoms with van der Waals surface area (Å²) in [7, 11) is 3.54. The summed E-state index contributed by atoms with van der Waals surface area (Å²) in [6, 6.07) is 0. The van der Waals surface area contributed by atoms with Crippen molar-refractivity contribution in [2.45, 2.75) is 0 Å². The van der Waals surface area contributed by atoms with Crippen LogP contribution in [0.1, 0.15) is 0 Å². The van der Waals surface area contributed by atoms with Crippen LogP contribution in [0.5, 0.6) is 0 Å². The average molecular weight is 211 g/mol. The maximum absolute atomic E-state index is 10.5. The van der Waals surface area contributed by atoms with Gasteiger partial charge in [0.1, 0.15) is 0 Å². The first kappa shape index (κ1) is 11.0. The minimum Gasteiger partial charge on any atom is -0.368 e. The fourth-order valence-electron chi connectivity index (χ4n) is 0.826. The standard InChI is InChI=1S/C7H13N7O/c1-14(2)7-12-5(9)11-6(13-7)10-3-4(8)15/h3H2,1-2H3,(H2,8,15)(H3,9,10,11,12,13). The topological polar surface area (TPSA) is 123 Å². The van der Waals surface area contributed by atoms with Crippen molar-refractivity contribution in [2.75, 3.05) is 36.6 Å². The molecule has 0 aromatic carbocycles. The number of rotatable bonds is 4. The zero-order valence-electron chi connectivity index (χ0n) is 8.56. The molecule has 0 radical (unpaired) electrons. The second-order valence-corrected chi connectivity index (χ2v) is 3.03. The molecule has 1 heterocycles. The van der Waals surface area contributed by atoms with Crippen molar-refractivity contribution in [3.63, 3.8) is 0 Å². The number of hydrogen-bond acceptors (Lipinski definition) is 7. The van der Waals surface area contributed by atoms with Gasteiger partial charge in [-0.1, -0.05) is 0 Å². The molecule has 82 valence electrons. The number of carbonyl (C=O) groups excluding carboxylic acids is 1. The van der Waals surface area contributed by atoms with Gasteiger partial charge in [-0.05, 0) is 0 Å². The summed E-state index contributed by atoms with van der Waals surface area (Å²) in [5.41, 5.74) is 10.4. The third kappa shape index (κ3) is 3.25. The fraction of sp³-hybridized carbons (Fsp3) is 0.429. The number of nitrogens with one attached hydrogen (secondary N) is 1. The van der Waals surface area contributed by atoms with Gasteiger partial charge in [0.2, 0.25) is 23.8 Å². The van der Waals surface area contributed by atoms with E-state index in [1.807, 2.05) is 0 Å². The molecule has 0 fully saturated rings. The van der Waals surface area contributed by atoms with Gasteiger partial charge in [0, 0.05) is 14.1 Å². The van der Waals surface area contributed by atoms with Gasteiger partial charge in [-0.2, -0.15) is 15.0 Å². The summed E-state index contributed by atoms with van der Waals surface area (Å²) in [5, 5.41) is 2.64. The van der Waals surface area contributed by atoms with E-state index in [4.69, 9.17) is 11.5 Å². The summed E-state index contributed by atoms with van der Waals surface area (Å²) in [6.07, 6.45) is 0. The zero-order valence-corrected chi connectivity index (χ0v) is 8.56. The molecule has 5 N–H and O–H groups in total. The van der Waals surface area contributed by atoms with Crippen molar-refractivity contribution in [3.05, 3.63) is 0 Å². The normalized spacial score (nSPS) is 9.73. The van der Waals surface area contributed by atoms with Gasteiger partial charge in [0.25, 0.3) is 0 Å². The molecule has 0 unspecified atom stereocenters. The summed E-state index contributed by atoms with van der Waals surface area (Å²) in [4.78, 5) is 23.9. The third-order valence-corrected chi connectivity index (χ3v) is 1.46. The minimum atomic E-state index is -0.500. The lowest BCUT2D eigenvalue weighted by molar-refractivity contribution is -0.116. The molecule has 1 amide bonds. The van der Waals surface area contributed by atoms with Gasteiger partial charge in [-0.3, -0.25) is 4.79 Å². The predicted octanol–water partition coefficient (Wildman–Crippen LogP) is -1.58. The number of nitrogens with two attached hydrogens (primary N) is 2. The van der Waals surface area contributed by atoms with E-state index in [1.54, 1.807) is 19.0 Å². The number of aromatic nitrogens is 3. The molecule has 0 aliphatic rings. The number of primary amides is 1. The van der Waals surface area contributed by atoms with Gasteiger partial charge in [-0.15, -0.1) is 0 Å². The Kier molecular flexibility index (Phi) is 3.21. The monoisotopic (exact) mass is 211 g/mol. The Labute approximate surface area is 86.7 Å². The lowest BCUT2D eigenvalue weighted by Gasteiger charge is -2.11. The predicted molar refractivity (Wildman–Crippen MR) is 56.3 cm³/mol. The van der Waals surface area contributed by atoms with Crippen molar-refractivity contribution < 1.29 is 4.79 Å². The van der Waals surface area contributed by atoms with Crippen LogP contribution in [0.3, 0.4) is 0 Å². The van der Waals surface area contributed by atoms with Gasteiger partial charge in [-0.25, -0.2) is 0 Å². The largest absolute Gasteiger partial charge is 0.368 e. The lowest BCUT2D eigenvalue weighted by Crippen LogP contribution is -2.24. The van der Waals surface area contributed by atoms with Crippen molar-refractivity contribution in [3.8, 4) is 0 Å². The highest BCUT2D eigenvalue weighted by Crippen LogP contribution is 2.08. The molecule has 8 heteroatoms. The molecule has 8 nitrogen and oxygen atoms in total. The number of carbonyl (C=O) groups is 1. The number of nitrogens with zero attached hydrogens (tertiary/aromatic N) is 4. The molecule has 0 atom stereocenters. The SMILES string of the molecule is CN(C)c1nc(N)nc(NCC(N)=O)n1. The second kappa shape index (κ2) is 4.40. The summed E-state index contributed by atoms with van der Waals surface area (Å²) >= 11 is 0.